The molecular formula is C10H19NO5S. The van der Waals surface area contributed by atoms with Crippen molar-refractivity contribution in [1.29, 1.82) is 0 Å². The molecule has 0 aliphatic carbocycles. The molecule has 2 atom stereocenters. The third-order valence-corrected chi connectivity index (χ3v) is 4.21. The summed E-state index contributed by atoms with van der Waals surface area (Å²) in [6.45, 7) is 4.91. The Morgan fingerprint density at radius 1 is 1.41 bits per heavy atom. The number of carbonyl (C=O) groups is 1. The molecule has 0 aromatic rings. The highest BCUT2D eigenvalue weighted by Gasteiger charge is 2.38. The van der Waals surface area contributed by atoms with Crippen LogP contribution in [-0.4, -0.2) is 49.4 Å². The van der Waals surface area contributed by atoms with E-state index in [9.17, 15) is 13.2 Å². The van der Waals surface area contributed by atoms with Crippen LogP contribution >= 0.6 is 0 Å². The normalized spacial score (nSPS) is 27.8. The van der Waals surface area contributed by atoms with Gasteiger partial charge in [0, 0.05) is 12.5 Å². The topological polar surface area (TPSA) is 92.7 Å². The Labute approximate surface area is 101 Å². The van der Waals surface area contributed by atoms with Crippen LogP contribution in [0.25, 0.3) is 0 Å². The Morgan fingerprint density at radius 2 is 2.00 bits per heavy atom. The molecule has 100 valence electrons. The maximum Gasteiger partial charge on any atom is 0.407 e. The number of sulfone groups is 1. The minimum absolute atomic E-state index is 0.0933. The van der Waals surface area contributed by atoms with E-state index in [-0.39, 0.29) is 18.1 Å². The molecule has 0 spiro atoms. The van der Waals surface area contributed by atoms with E-state index in [2.05, 4.69) is 5.32 Å². The van der Waals surface area contributed by atoms with Gasteiger partial charge in [-0.05, 0) is 20.8 Å². The first-order valence-electron chi connectivity index (χ1n) is 5.44. The van der Waals surface area contributed by atoms with Gasteiger partial charge >= 0.3 is 6.09 Å². The Morgan fingerprint density at radius 3 is 2.47 bits per heavy atom. The van der Waals surface area contributed by atoms with Gasteiger partial charge in [0.15, 0.2) is 9.84 Å². The standard InChI is InChI=1S/C10H19NO5S/c1-10(2,3)16-9(13)11-8-6-17(14,15)5-7(8)4-12/h7-8,12H,4-6H2,1-3H3,(H,11,13). The number of ether oxygens (including phenoxy) is 1. The fourth-order valence-electron chi connectivity index (χ4n) is 1.72. The molecule has 6 nitrogen and oxygen atoms in total. The molecule has 0 aromatic carbocycles. The van der Waals surface area contributed by atoms with E-state index in [1.54, 1.807) is 20.8 Å². The molecule has 0 bridgehead atoms. The molecule has 17 heavy (non-hydrogen) atoms. The summed E-state index contributed by atoms with van der Waals surface area (Å²) in [5, 5.41) is 11.5. The molecule has 1 amide bonds. The first-order valence-corrected chi connectivity index (χ1v) is 7.26. The van der Waals surface area contributed by atoms with E-state index in [1.165, 1.54) is 0 Å². The van der Waals surface area contributed by atoms with Crippen LogP contribution in [0, 0.1) is 5.92 Å². The van der Waals surface area contributed by atoms with Crippen molar-refractivity contribution >= 4 is 15.9 Å². The Hall–Kier alpha value is -0.820. The molecule has 1 aliphatic rings. The summed E-state index contributed by atoms with van der Waals surface area (Å²) < 4.78 is 27.8. The van der Waals surface area contributed by atoms with Crippen LogP contribution in [0.4, 0.5) is 4.79 Å². The zero-order valence-electron chi connectivity index (χ0n) is 10.3. The average Bonchev–Trinajstić information content (AvgIpc) is 2.36. The lowest BCUT2D eigenvalue weighted by Gasteiger charge is -2.23. The van der Waals surface area contributed by atoms with Gasteiger partial charge in [0.05, 0.1) is 17.5 Å². The second kappa shape index (κ2) is 4.81. The largest absolute Gasteiger partial charge is 0.444 e. The lowest BCUT2D eigenvalue weighted by atomic mass is 10.1. The molecule has 0 radical (unpaired) electrons. The second-order valence-corrected chi connectivity index (χ2v) is 7.43. The van der Waals surface area contributed by atoms with Crippen molar-refractivity contribution in [1.82, 2.24) is 5.32 Å². The fraction of sp³-hybridized carbons (Fsp3) is 0.900. The van der Waals surface area contributed by atoms with Crippen molar-refractivity contribution in [3.8, 4) is 0 Å². The van der Waals surface area contributed by atoms with E-state index in [0.29, 0.717) is 0 Å². The summed E-state index contributed by atoms with van der Waals surface area (Å²) in [6.07, 6.45) is -0.655. The molecule has 1 aliphatic heterocycles. The third kappa shape index (κ3) is 4.51. The average molecular weight is 265 g/mol. The molecule has 2 N–H and O–H groups in total. The van der Waals surface area contributed by atoms with Gasteiger partial charge < -0.3 is 15.2 Å². The Bertz CT molecular complexity index is 384. The number of carbonyl (C=O) groups excluding carboxylic acids is 1. The maximum absolute atomic E-state index is 11.5. The van der Waals surface area contributed by atoms with E-state index in [4.69, 9.17) is 9.84 Å². The number of nitrogens with one attached hydrogen (secondary N) is 1. The lowest BCUT2D eigenvalue weighted by Crippen LogP contribution is -2.43. The SMILES string of the molecule is CC(C)(C)OC(=O)NC1CS(=O)(=O)CC1CO. The molecule has 2 unspecified atom stereocenters. The van der Waals surface area contributed by atoms with Crippen LogP contribution in [0.1, 0.15) is 20.8 Å². The monoisotopic (exact) mass is 265 g/mol. The Balaban J connectivity index is 2.60. The van der Waals surface area contributed by atoms with E-state index in [0.717, 1.165) is 0 Å². The van der Waals surface area contributed by atoms with E-state index >= 15 is 0 Å². The lowest BCUT2D eigenvalue weighted by molar-refractivity contribution is 0.0489. The van der Waals surface area contributed by atoms with Crippen LogP contribution in [0.3, 0.4) is 0 Å². The summed E-state index contributed by atoms with van der Waals surface area (Å²) in [5.74, 6) is -0.686. The van der Waals surface area contributed by atoms with Crippen molar-refractivity contribution in [3.05, 3.63) is 0 Å². The number of hydrogen-bond donors (Lipinski definition) is 2. The highest BCUT2D eigenvalue weighted by atomic mass is 32.2. The summed E-state index contributed by atoms with van der Waals surface area (Å²) in [4.78, 5) is 11.5. The molecule has 0 aromatic heterocycles. The van der Waals surface area contributed by atoms with Crippen molar-refractivity contribution in [3.63, 3.8) is 0 Å². The molecule has 1 heterocycles. The van der Waals surface area contributed by atoms with Gasteiger partial charge in [-0.25, -0.2) is 13.2 Å². The predicted molar refractivity (Wildman–Crippen MR) is 62.4 cm³/mol. The minimum Gasteiger partial charge on any atom is -0.444 e. The summed E-state index contributed by atoms with van der Waals surface area (Å²) in [7, 11) is -3.18. The molecule has 7 heteroatoms. The predicted octanol–water partition coefficient (Wildman–Crippen LogP) is -0.0834. The van der Waals surface area contributed by atoms with Gasteiger partial charge in [-0.2, -0.15) is 0 Å². The van der Waals surface area contributed by atoms with Crippen LogP contribution < -0.4 is 5.32 Å². The number of aliphatic hydroxyl groups excluding tert-OH is 1. The number of aliphatic hydroxyl groups is 1. The van der Waals surface area contributed by atoms with Gasteiger partial charge in [-0.15, -0.1) is 0 Å². The molecule has 0 saturated carbocycles. The highest BCUT2D eigenvalue weighted by molar-refractivity contribution is 7.91. The summed E-state index contributed by atoms with van der Waals surface area (Å²) in [6, 6.07) is -0.570. The van der Waals surface area contributed by atoms with Gasteiger partial charge in [0.1, 0.15) is 5.60 Å². The van der Waals surface area contributed by atoms with Crippen molar-refractivity contribution in [2.24, 2.45) is 5.92 Å². The van der Waals surface area contributed by atoms with Gasteiger partial charge in [-0.3, -0.25) is 0 Å². The van der Waals surface area contributed by atoms with Crippen molar-refractivity contribution in [2.75, 3.05) is 18.1 Å². The van der Waals surface area contributed by atoms with Crippen LogP contribution in [0.15, 0.2) is 0 Å². The maximum atomic E-state index is 11.5. The zero-order valence-corrected chi connectivity index (χ0v) is 11.1. The molecule has 1 saturated heterocycles. The molecule has 1 rings (SSSR count). The number of hydrogen-bond acceptors (Lipinski definition) is 5. The summed E-state index contributed by atoms with van der Waals surface area (Å²) >= 11 is 0. The number of amides is 1. The Kier molecular flexibility index (Phi) is 4.03. The number of rotatable bonds is 2. The van der Waals surface area contributed by atoms with Crippen molar-refractivity contribution in [2.45, 2.75) is 32.4 Å². The first-order chi connectivity index (χ1) is 7.63. The molecule has 1 fully saturated rings. The molecular weight excluding hydrogens is 246 g/mol. The second-order valence-electron chi connectivity index (χ2n) is 5.27. The van der Waals surface area contributed by atoms with Crippen LogP contribution in [0.5, 0.6) is 0 Å². The number of alkyl carbamates (subject to hydrolysis) is 1. The van der Waals surface area contributed by atoms with E-state index in [1.807, 2.05) is 0 Å². The zero-order chi connectivity index (χ0) is 13.3. The minimum atomic E-state index is -3.18. The first kappa shape index (κ1) is 14.2. The van der Waals surface area contributed by atoms with Gasteiger partial charge in [0.25, 0.3) is 0 Å². The van der Waals surface area contributed by atoms with Gasteiger partial charge in [-0.1, -0.05) is 0 Å². The highest BCUT2D eigenvalue weighted by Crippen LogP contribution is 2.19. The van der Waals surface area contributed by atoms with Crippen molar-refractivity contribution < 1.29 is 23.1 Å². The third-order valence-electron chi connectivity index (χ3n) is 2.41. The van der Waals surface area contributed by atoms with Gasteiger partial charge in [0.2, 0.25) is 0 Å². The van der Waals surface area contributed by atoms with Crippen LogP contribution in [-0.2, 0) is 14.6 Å². The quantitative estimate of drug-likeness (QED) is 0.728. The van der Waals surface area contributed by atoms with E-state index < -0.39 is 33.5 Å². The van der Waals surface area contributed by atoms with Crippen LogP contribution in [0.2, 0.25) is 0 Å². The smallest absolute Gasteiger partial charge is 0.407 e. The fourth-order valence-corrected chi connectivity index (χ4v) is 3.75. The summed E-state index contributed by atoms with van der Waals surface area (Å²) in [5.41, 5.74) is -0.629.